The highest BCUT2D eigenvalue weighted by Crippen LogP contribution is 2.39. The van der Waals surface area contributed by atoms with E-state index in [9.17, 15) is 4.79 Å². The molecule has 1 atom stereocenters. The molecule has 0 radical (unpaired) electrons. The van der Waals surface area contributed by atoms with Crippen molar-refractivity contribution in [3.63, 3.8) is 0 Å². The molecule has 1 unspecified atom stereocenters. The quantitative estimate of drug-likeness (QED) is 0.427. The molecule has 3 aromatic carbocycles. The molecule has 5 aromatic rings. The van der Waals surface area contributed by atoms with Crippen LogP contribution in [0.25, 0.3) is 22.1 Å². The van der Waals surface area contributed by atoms with Crippen LogP contribution in [-0.4, -0.2) is 36.3 Å². The summed E-state index contributed by atoms with van der Waals surface area (Å²) in [4.78, 5) is 12.5. The van der Waals surface area contributed by atoms with Crippen LogP contribution in [0.15, 0.2) is 72.8 Å². The van der Waals surface area contributed by atoms with Crippen molar-refractivity contribution in [3.05, 3.63) is 83.4 Å². The first-order valence-electron chi connectivity index (χ1n) is 10.3. The molecular weight excluding hydrogens is 426 g/mol. The van der Waals surface area contributed by atoms with Crippen LogP contribution in [0, 0.1) is 5.92 Å². The van der Waals surface area contributed by atoms with Crippen LogP contribution in [0.2, 0.25) is 5.02 Å². The van der Waals surface area contributed by atoms with Gasteiger partial charge in [0.05, 0.1) is 11.0 Å². The summed E-state index contributed by atoms with van der Waals surface area (Å²) >= 11 is 5.88. The van der Waals surface area contributed by atoms with E-state index in [0.717, 1.165) is 34.9 Å². The molecule has 1 saturated carbocycles. The first-order chi connectivity index (χ1) is 15.7. The molecule has 0 spiro atoms. The van der Waals surface area contributed by atoms with Gasteiger partial charge in [0, 0.05) is 10.6 Å². The minimum Gasteiger partial charge on any atom is -0.330 e. The molecule has 0 saturated heterocycles. The third-order valence-corrected chi connectivity index (χ3v) is 5.58. The molecule has 0 bridgehead atoms. The van der Waals surface area contributed by atoms with Gasteiger partial charge in [0.15, 0.2) is 0 Å². The maximum absolute atomic E-state index is 12.5. The second kappa shape index (κ2) is 8.76. The van der Waals surface area contributed by atoms with Crippen molar-refractivity contribution in [3.8, 4) is 0 Å². The van der Waals surface area contributed by atoms with Gasteiger partial charge in [-0.05, 0) is 67.3 Å². The van der Waals surface area contributed by atoms with Gasteiger partial charge >= 0.3 is 0 Å². The Morgan fingerprint density at radius 2 is 1.69 bits per heavy atom. The molecule has 9 heteroatoms. The van der Waals surface area contributed by atoms with E-state index in [1.165, 1.54) is 0 Å². The number of amides is 1. The molecule has 2 N–H and O–H groups in total. The lowest BCUT2D eigenvalue weighted by Crippen LogP contribution is -2.34. The van der Waals surface area contributed by atoms with E-state index in [2.05, 4.69) is 31.0 Å². The van der Waals surface area contributed by atoms with E-state index in [1.54, 1.807) is 24.3 Å². The Hall–Kier alpha value is -3.78. The molecule has 1 fully saturated rings. The predicted octanol–water partition coefficient (Wildman–Crippen LogP) is 4.38. The molecule has 6 rings (SSSR count). The number of halogens is 1. The highest BCUT2D eigenvalue weighted by atomic mass is 35.5. The summed E-state index contributed by atoms with van der Waals surface area (Å²) < 4.78 is 1.82. The fourth-order valence-corrected chi connectivity index (χ4v) is 3.62. The number of hydrogen-bond acceptors (Lipinski definition) is 5. The third-order valence-electron chi connectivity index (χ3n) is 5.33. The van der Waals surface area contributed by atoms with Gasteiger partial charge in [-0.2, -0.15) is 0 Å². The molecule has 0 aliphatic heterocycles. The molecule has 2 heterocycles. The van der Waals surface area contributed by atoms with Crippen molar-refractivity contribution in [2.75, 3.05) is 0 Å². The number of para-hydroxylation sites is 2. The number of hydrogen-bond donors (Lipinski definition) is 2. The van der Waals surface area contributed by atoms with Crippen molar-refractivity contribution < 1.29 is 4.79 Å². The summed E-state index contributed by atoms with van der Waals surface area (Å²) in [7, 11) is 0. The van der Waals surface area contributed by atoms with E-state index in [-0.39, 0.29) is 12.1 Å². The number of carbonyl (C=O) groups excluding carboxylic acids is 1. The number of aromatic nitrogens is 6. The van der Waals surface area contributed by atoms with Crippen molar-refractivity contribution in [2.45, 2.75) is 19.0 Å². The van der Waals surface area contributed by atoms with Crippen molar-refractivity contribution >= 4 is 39.6 Å². The Bertz CT molecular complexity index is 1330. The predicted molar refractivity (Wildman–Crippen MR) is 122 cm³/mol. The average Bonchev–Trinajstić information content (AvgIpc) is 3.39. The topological polar surface area (TPSA) is 101 Å². The number of H-pyrrole nitrogens is 1. The van der Waals surface area contributed by atoms with Gasteiger partial charge in [0.1, 0.15) is 17.2 Å². The maximum atomic E-state index is 12.5. The molecule has 2 aromatic heterocycles. The highest BCUT2D eigenvalue weighted by Gasteiger charge is 2.35. The van der Waals surface area contributed by atoms with Crippen molar-refractivity contribution in [1.82, 2.24) is 35.7 Å². The second-order valence-electron chi connectivity index (χ2n) is 7.61. The Morgan fingerprint density at radius 3 is 2.44 bits per heavy atom. The number of aromatic amines is 1. The first-order valence-corrected chi connectivity index (χ1v) is 10.7. The largest absolute Gasteiger partial charge is 0.330 e. The molecular formula is C23H20ClN7O. The zero-order valence-electron chi connectivity index (χ0n) is 17.0. The standard InChI is InChI=1S/C17H15ClN4O.C6H5N3/c18-13-9-7-12(8-10-13)17(23)19-16(11-5-6-11)22-15-4-2-1-3-14(15)20-21-22;1-2-4-6-5(3-1)7-9-8-6/h1-4,7-11,16H,5-6H2,(H,19,23);1-4H,(H,7,8,9). The summed E-state index contributed by atoms with van der Waals surface area (Å²) in [5, 5.41) is 22.3. The van der Waals surface area contributed by atoms with Crippen molar-refractivity contribution in [1.29, 1.82) is 0 Å². The molecule has 1 aliphatic carbocycles. The Kier molecular flexibility index (Phi) is 5.51. The minimum absolute atomic E-state index is 0.127. The number of rotatable bonds is 4. The first kappa shape index (κ1) is 20.1. The molecule has 160 valence electrons. The molecule has 32 heavy (non-hydrogen) atoms. The monoisotopic (exact) mass is 445 g/mol. The average molecular weight is 446 g/mol. The summed E-state index contributed by atoms with van der Waals surface area (Å²) in [6, 6.07) is 22.4. The van der Waals surface area contributed by atoms with Crippen LogP contribution >= 0.6 is 11.6 Å². The zero-order chi connectivity index (χ0) is 21.9. The van der Waals surface area contributed by atoms with Gasteiger partial charge in [-0.1, -0.05) is 46.3 Å². The van der Waals surface area contributed by atoms with E-state index >= 15 is 0 Å². The highest BCUT2D eigenvalue weighted by molar-refractivity contribution is 6.30. The Balaban J connectivity index is 0.000000199. The second-order valence-corrected chi connectivity index (χ2v) is 8.05. The summed E-state index contributed by atoms with van der Waals surface area (Å²) in [5.74, 6) is 0.273. The van der Waals surface area contributed by atoms with Gasteiger partial charge in [-0.25, -0.2) is 4.68 Å². The van der Waals surface area contributed by atoms with E-state index < -0.39 is 0 Å². The zero-order valence-corrected chi connectivity index (χ0v) is 17.8. The van der Waals surface area contributed by atoms with Gasteiger partial charge < -0.3 is 5.32 Å². The lowest BCUT2D eigenvalue weighted by molar-refractivity contribution is 0.0907. The van der Waals surface area contributed by atoms with Crippen LogP contribution in [0.1, 0.15) is 29.4 Å². The van der Waals surface area contributed by atoms with Gasteiger partial charge in [0.2, 0.25) is 0 Å². The number of nitrogens with zero attached hydrogens (tertiary/aromatic N) is 5. The Morgan fingerprint density at radius 1 is 0.969 bits per heavy atom. The smallest absolute Gasteiger partial charge is 0.252 e. The van der Waals surface area contributed by atoms with Crippen LogP contribution in [0.5, 0.6) is 0 Å². The van der Waals surface area contributed by atoms with Crippen molar-refractivity contribution in [2.24, 2.45) is 5.92 Å². The lowest BCUT2D eigenvalue weighted by Gasteiger charge is -2.19. The van der Waals surface area contributed by atoms with Crippen LogP contribution in [-0.2, 0) is 0 Å². The molecule has 8 nitrogen and oxygen atoms in total. The number of benzene rings is 3. The van der Waals surface area contributed by atoms with E-state index in [0.29, 0.717) is 16.5 Å². The fourth-order valence-electron chi connectivity index (χ4n) is 3.49. The summed E-state index contributed by atoms with van der Waals surface area (Å²) in [6.45, 7) is 0. The molecule has 1 amide bonds. The minimum atomic E-state index is -0.175. The lowest BCUT2D eigenvalue weighted by atomic mass is 10.2. The number of nitrogens with one attached hydrogen (secondary N) is 2. The number of fused-ring (bicyclic) bond motifs is 2. The van der Waals surface area contributed by atoms with E-state index in [1.807, 2.05) is 53.2 Å². The Labute approximate surface area is 188 Å². The van der Waals surface area contributed by atoms with Gasteiger partial charge in [-0.3, -0.25) is 9.89 Å². The third kappa shape index (κ3) is 4.31. The normalized spacial score (nSPS) is 14.0. The summed E-state index contributed by atoms with van der Waals surface area (Å²) in [5.41, 5.74) is 4.25. The van der Waals surface area contributed by atoms with Crippen LogP contribution in [0.4, 0.5) is 0 Å². The van der Waals surface area contributed by atoms with Crippen LogP contribution < -0.4 is 5.32 Å². The summed E-state index contributed by atoms with van der Waals surface area (Å²) in [6.07, 6.45) is 1.99. The van der Waals surface area contributed by atoms with Crippen LogP contribution in [0.3, 0.4) is 0 Å². The SMILES string of the molecule is O=C(NC(C1CC1)n1nnc2ccccc21)c1ccc(Cl)cc1.c1ccc2[nH]nnc2c1. The van der Waals surface area contributed by atoms with E-state index in [4.69, 9.17) is 11.6 Å². The van der Waals surface area contributed by atoms with Gasteiger partial charge in [0.25, 0.3) is 5.91 Å². The van der Waals surface area contributed by atoms with Gasteiger partial charge in [-0.15, -0.1) is 10.2 Å². The maximum Gasteiger partial charge on any atom is 0.252 e. The number of carbonyl (C=O) groups is 1. The fraction of sp³-hybridized carbons (Fsp3) is 0.174. The molecule has 1 aliphatic rings.